The molecule has 1 aromatic heterocycles. The molecular formula is C26H27N3O2. The van der Waals surface area contributed by atoms with Gasteiger partial charge in [0.15, 0.2) is 11.5 Å². The fourth-order valence-corrected chi connectivity index (χ4v) is 3.87. The Hall–Kier alpha value is -3.60. The molecule has 0 bridgehead atoms. The van der Waals surface area contributed by atoms with Crippen molar-refractivity contribution in [1.29, 1.82) is 0 Å². The summed E-state index contributed by atoms with van der Waals surface area (Å²) in [6.07, 6.45) is 1.59. The van der Waals surface area contributed by atoms with Crippen LogP contribution in [-0.2, 0) is 19.4 Å². The van der Waals surface area contributed by atoms with Crippen LogP contribution in [0, 0.1) is 6.92 Å². The van der Waals surface area contributed by atoms with Crippen molar-refractivity contribution in [1.82, 2.24) is 14.8 Å². The topological polar surface area (TPSA) is 49.2 Å². The zero-order valence-corrected chi connectivity index (χ0v) is 18.2. The first-order chi connectivity index (χ1) is 15.2. The third kappa shape index (κ3) is 4.61. The van der Waals surface area contributed by atoms with Crippen molar-refractivity contribution < 1.29 is 9.47 Å². The molecule has 0 saturated heterocycles. The van der Waals surface area contributed by atoms with Gasteiger partial charge in [0.05, 0.1) is 14.2 Å². The van der Waals surface area contributed by atoms with E-state index in [4.69, 9.17) is 9.47 Å². The first-order valence-corrected chi connectivity index (χ1v) is 10.4. The summed E-state index contributed by atoms with van der Waals surface area (Å²) in [6.45, 7) is 2.81. The summed E-state index contributed by atoms with van der Waals surface area (Å²) in [7, 11) is 3.31. The van der Waals surface area contributed by atoms with Crippen LogP contribution in [0.2, 0.25) is 0 Å². The number of aromatic nitrogens is 3. The van der Waals surface area contributed by atoms with Crippen LogP contribution in [-0.4, -0.2) is 29.0 Å². The molecule has 3 aromatic carbocycles. The van der Waals surface area contributed by atoms with E-state index in [0.717, 1.165) is 42.5 Å². The fourth-order valence-electron chi connectivity index (χ4n) is 3.87. The molecule has 0 fully saturated rings. The van der Waals surface area contributed by atoms with Crippen LogP contribution in [0.4, 0.5) is 0 Å². The molecule has 0 amide bonds. The van der Waals surface area contributed by atoms with Crippen molar-refractivity contribution in [2.75, 3.05) is 14.2 Å². The maximum atomic E-state index is 5.44. The molecule has 0 unspecified atom stereocenters. The van der Waals surface area contributed by atoms with Crippen molar-refractivity contribution in [2.24, 2.45) is 0 Å². The summed E-state index contributed by atoms with van der Waals surface area (Å²) in [5, 5.41) is 8.84. The Morgan fingerprint density at radius 1 is 0.806 bits per heavy atom. The second-order valence-electron chi connectivity index (χ2n) is 7.45. The minimum atomic E-state index is 0.734. The summed E-state index contributed by atoms with van der Waals surface area (Å²) in [6, 6.07) is 25.0. The van der Waals surface area contributed by atoms with E-state index in [-0.39, 0.29) is 0 Å². The van der Waals surface area contributed by atoms with Crippen LogP contribution < -0.4 is 9.47 Å². The van der Waals surface area contributed by atoms with Crippen LogP contribution in [0.3, 0.4) is 0 Å². The minimum Gasteiger partial charge on any atom is -0.493 e. The summed E-state index contributed by atoms with van der Waals surface area (Å²) in [5.41, 5.74) is 4.87. The molecule has 5 nitrogen and oxygen atoms in total. The van der Waals surface area contributed by atoms with E-state index < -0.39 is 0 Å². The molecule has 0 spiro atoms. The van der Waals surface area contributed by atoms with Gasteiger partial charge >= 0.3 is 0 Å². The van der Waals surface area contributed by atoms with Gasteiger partial charge in [-0.25, -0.2) is 0 Å². The molecule has 1 heterocycles. The Kier molecular flexibility index (Phi) is 6.32. The Balaban J connectivity index is 1.56. The number of ether oxygens (including phenoxy) is 2. The van der Waals surface area contributed by atoms with Gasteiger partial charge in [-0.1, -0.05) is 60.7 Å². The van der Waals surface area contributed by atoms with Gasteiger partial charge in [0.2, 0.25) is 0 Å². The van der Waals surface area contributed by atoms with Gasteiger partial charge in [-0.2, -0.15) is 0 Å². The van der Waals surface area contributed by atoms with E-state index in [0.29, 0.717) is 0 Å². The average Bonchev–Trinajstić information content (AvgIpc) is 3.17. The SMILES string of the molecule is COc1ccc(CCn2c(C)nnc2Cc2ccccc2-c2ccccc2)cc1OC. The van der Waals surface area contributed by atoms with Crippen LogP contribution in [0.1, 0.15) is 22.8 Å². The second-order valence-corrected chi connectivity index (χ2v) is 7.45. The van der Waals surface area contributed by atoms with Crippen molar-refractivity contribution in [3.8, 4) is 22.6 Å². The molecule has 0 N–H and O–H groups in total. The maximum absolute atomic E-state index is 5.44. The molecule has 158 valence electrons. The van der Waals surface area contributed by atoms with Crippen LogP contribution in [0.15, 0.2) is 72.8 Å². The lowest BCUT2D eigenvalue weighted by Crippen LogP contribution is -2.09. The number of nitrogens with zero attached hydrogens (tertiary/aromatic N) is 3. The van der Waals surface area contributed by atoms with Gasteiger partial charge in [0, 0.05) is 13.0 Å². The normalized spacial score (nSPS) is 10.8. The highest BCUT2D eigenvalue weighted by atomic mass is 16.5. The zero-order chi connectivity index (χ0) is 21.6. The molecular weight excluding hydrogens is 386 g/mol. The van der Waals surface area contributed by atoms with Crippen molar-refractivity contribution in [3.05, 3.63) is 95.6 Å². The number of hydrogen-bond acceptors (Lipinski definition) is 4. The highest BCUT2D eigenvalue weighted by molar-refractivity contribution is 5.67. The highest BCUT2D eigenvalue weighted by Crippen LogP contribution is 2.28. The van der Waals surface area contributed by atoms with Crippen LogP contribution in [0.5, 0.6) is 11.5 Å². The number of rotatable bonds is 8. The second kappa shape index (κ2) is 9.47. The molecule has 31 heavy (non-hydrogen) atoms. The Labute approximate surface area is 183 Å². The number of hydrogen-bond donors (Lipinski definition) is 0. The predicted molar refractivity (Wildman–Crippen MR) is 123 cm³/mol. The van der Waals surface area contributed by atoms with E-state index in [2.05, 4.69) is 69.4 Å². The van der Waals surface area contributed by atoms with Gasteiger partial charge < -0.3 is 14.0 Å². The Bertz CT molecular complexity index is 1150. The molecule has 5 heteroatoms. The van der Waals surface area contributed by atoms with Gasteiger partial charge in [-0.3, -0.25) is 0 Å². The lowest BCUT2D eigenvalue weighted by molar-refractivity contribution is 0.354. The number of benzene rings is 3. The molecule has 0 aliphatic heterocycles. The Morgan fingerprint density at radius 3 is 2.32 bits per heavy atom. The van der Waals surface area contributed by atoms with Gasteiger partial charge in [-0.15, -0.1) is 10.2 Å². The van der Waals surface area contributed by atoms with Crippen molar-refractivity contribution >= 4 is 0 Å². The average molecular weight is 414 g/mol. The maximum Gasteiger partial charge on any atom is 0.160 e. The molecule has 0 aliphatic rings. The van der Waals surface area contributed by atoms with E-state index in [1.165, 1.54) is 22.3 Å². The monoisotopic (exact) mass is 413 g/mol. The third-order valence-corrected chi connectivity index (χ3v) is 5.54. The lowest BCUT2D eigenvalue weighted by Gasteiger charge is -2.13. The van der Waals surface area contributed by atoms with Gasteiger partial charge in [0.25, 0.3) is 0 Å². The van der Waals surface area contributed by atoms with Crippen molar-refractivity contribution in [2.45, 2.75) is 26.3 Å². The van der Waals surface area contributed by atoms with Gasteiger partial charge in [-0.05, 0) is 47.7 Å². The lowest BCUT2D eigenvalue weighted by atomic mass is 9.97. The van der Waals surface area contributed by atoms with Crippen LogP contribution >= 0.6 is 0 Å². The zero-order valence-electron chi connectivity index (χ0n) is 18.2. The van der Waals surface area contributed by atoms with E-state index >= 15 is 0 Å². The summed E-state index contributed by atoms with van der Waals surface area (Å²) < 4.78 is 13.0. The first kappa shape index (κ1) is 20.7. The quantitative estimate of drug-likeness (QED) is 0.403. The van der Waals surface area contributed by atoms with Crippen molar-refractivity contribution in [3.63, 3.8) is 0 Å². The molecule has 0 saturated carbocycles. The largest absolute Gasteiger partial charge is 0.493 e. The minimum absolute atomic E-state index is 0.734. The number of aryl methyl sites for hydroxylation is 2. The van der Waals surface area contributed by atoms with Gasteiger partial charge in [0.1, 0.15) is 11.6 Å². The molecule has 0 radical (unpaired) electrons. The fraction of sp³-hybridized carbons (Fsp3) is 0.231. The molecule has 0 atom stereocenters. The molecule has 4 rings (SSSR count). The third-order valence-electron chi connectivity index (χ3n) is 5.54. The summed E-state index contributed by atoms with van der Waals surface area (Å²) in [5.74, 6) is 3.39. The summed E-state index contributed by atoms with van der Waals surface area (Å²) in [4.78, 5) is 0. The van der Waals surface area contributed by atoms with Crippen LogP contribution in [0.25, 0.3) is 11.1 Å². The first-order valence-electron chi connectivity index (χ1n) is 10.4. The highest BCUT2D eigenvalue weighted by Gasteiger charge is 2.13. The van der Waals surface area contributed by atoms with E-state index in [1.54, 1.807) is 14.2 Å². The standard InChI is InChI=1S/C26H27N3O2/c1-19-27-28-26(18-22-11-7-8-12-23(22)21-9-5-4-6-10-21)29(19)16-15-20-13-14-24(30-2)25(17-20)31-3/h4-14,17H,15-16,18H2,1-3H3. The smallest absolute Gasteiger partial charge is 0.160 e. The number of methoxy groups -OCH3 is 2. The molecule has 0 aliphatic carbocycles. The predicted octanol–water partition coefficient (Wildman–Crippen LogP) is 5.10. The van der Waals surface area contributed by atoms with E-state index in [9.17, 15) is 0 Å². The Morgan fingerprint density at radius 2 is 1.55 bits per heavy atom. The summed E-state index contributed by atoms with van der Waals surface area (Å²) >= 11 is 0. The molecule has 4 aromatic rings. The van der Waals surface area contributed by atoms with E-state index in [1.807, 2.05) is 25.1 Å².